The number of rotatable bonds is 0. The fourth-order valence-corrected chi connectivity index (χ4v) is 0. The first-order chi connectivity index (χ1) is 0. The molecule has 0 rings (SSSR count). The van der Waals surface area contributed by atoms with Crippen LogP contribution in [0, 0.1) is 0 Å². The Morgan fingerprint density at radius 1 is 0.133 bits per heavy atom. The summed E-state index contributed by atoms with van der Waals surface area (Å²) in [6.45, 7) is 0. The van der Waals surface area contributed by atoms with E-state index in [1.54, 1.807) is 0 Å². The molecule has 0 aromatic carbocycles. The smallest absolute Gasteiger partial charge is 0 e. The molecule has 0 aliphatic heterocycles. The van der Waals surface area contributed by atoms with Gasteiger partial charge in [-0.3, -0.25) is 0 Å². The first-order valence-electron chi connectivity index (χ1n) is 0. The summed E-state index contributed by atoms with van der Waals surface area (Å²) in [5.74, 6) is 0. The van der Waals surface area contributed by atoms with Crippen molar-refractivity contribution < 1.29 is 117 Å². The molecule has 0 radical (unpaired) electrons. The monoisotopic (exact) mass is 384 g/mol. The maximum Gasteiger partial charge on any atom is 0 e. The first kappa shape index (κ1) is 3140. The fourth-order valence-electron chi connectivity index (χ4n) is 0. The standard InChI is InChI=1S/3Fe.12H2O/h;;;12*1H2. The molecule has 0 aromatic rings. The average Bonchev–Trinajstić information content (AvgIpc) is 0. The minimum absolute atomic E-state index is 0. The van der Waals surface area contributed by atoms with Gasteiger partial charge in [0.25, 0.3) is 0 Å². The van der Waals surface area contributed by atoms with Gasteiger partial charge in [-0.25, -0.2) is 0 Å². The van der Waals surface area contributed by atoms with Crippen LogP contribution in [0.1, 0.15) is 0 Å². The van der Waals surface area contributed by atoms with Crippen LogP contribution >= 0.6 is 0 Å². The van der Waals surface area contributed by atoms with Gasteiger partial charge in [-0.2, -0.15) is 0 Å². The van der Waals surface area contributed by atoms with Crippen LogP contribution < -0.4 is 0 Å². The minimum atomic E-state index is 0. The molecular weight excluding hydrogens is 360 g/mol. The molecule has 0 aromatic heterocycles. The average molecular weight is 384 g/mol. The van der Waals surface area contributed by atoms with E-state index in [0.717, 1.165) is 0 Å². The summed E-state index contributed by atoms with van der Waals surface area (Å²) in [5.41, 5.74) is 0. The molecule has 120 valence electrons. The Labute approximate surface area is 117 Å². The quantitative estimate of drug-likeness (QED) is 0.351. The van der Waals surface area contributed by atoms with Crippen molar-refractivity contribution in [3.63, 3.8) is 0 Å². The van der Waals surface area contributed by atoms with Crippen LogP contribution in [0.4, 0.5) is 0 Å². The summed E-state index contributed by atoms with van der Waals surface area (Å²) >= 11 is 0. The SMILES string of the molecule is O.O.O.O.O.O.O.O.O.O.O.O.[Fe].[Fe].[Fe]. The second-order valence-electron chi connectivity index (χ2n) is 0. The molecule has 0 fully saturated rings. The number of hydrogen-bond donors (Lipinski definition) is 0. The van der Waals surface area contributed by atoms with E-state index in [0.29, 0.717) is 0 Å². The molecule has 0 aliphatic carbocycles. The molecule has 0 spiro atoms. The van der Waals surface area contributed by atoms with Crippen LogP contribution in [0.25, 0.3) is 0 Å². The molecule has 0 saturated carbocycles. The zero-order valence-corrected chi connectivity index (χ0v) is 10.4. The summed E-state index contributed by atoms with van der Waals surface area (Å²) in [4.78, 5) is 0. The fraction of sp³-hybridized carbons (Fsp3) is 0. The molecule has 15 heteroatoms. The third kappa shape index (κ3) is 2220. The van der Waals surface area contributed by atoms with Gasteiger partial charge in [-0.1, -0.05) is 0 Å². The van der Waals surface area contributed by atoms with Crippen LogP contribution in [0.5, 0.6) is 0 Å². The van der Waals surface area contributed by atoms with Gasteiger partial charge in [0.15, 0.2) is 0 Å². The molecule has 0 aliphatic rings. The van der Waals surface area contributed by atoms with Gasteiger partial charge in [-0.15, -0.1) is 0 Å². The van der Waals surface area contributed by atoms with E-state index in [-0.39, 0.29) is 117 Å². The Bertz CT molecular complexity index is 10.8. The molecule has 0 saturated heterocycles. The van der Waals surface area contributed by atoms with E-state index in [1.165, 1.54) is 0 Å². The van der Waals surface area contributed by atoms with E-state index >= 15 is 0 Å². The van der Waals surface area contributed by atoms with Crippen molar-refractivity contribution in [1.29, 1.82) is 0 Å². The molecule has 15 heavy (non-hydrogen) atoms. The largest absolute Gasteiger partial charge is 0.412 e. The van der Waals surface area contributed by atoms with Gasteiger partial charge in [0.2, 0.25) is 0 Å². The minimum Gasteiger partial charge on any atom is -0.412 e. The van der Waals surface area contributed by atoms with Crippen LogP contribution in [0.2, 0.25) is 0 Å². The summed E-state index contributed by atoms with van der Waals surface area (Å²) in [7, 11) is 0. The summed E-state index contributed by atoms with van der Waals surface area (Å²) in [5, 5.41) is 0. The Hall–Kier alpha value is 1.08. The van der Waals surface area contributed by atoms with Gasteiger partial charge in [0.05, 0.1) is 0 Å². The van der Waals surface area contributed by atoms with E-state index in [4.69, 9.17) is 0 Å². The van der Waals surface area contributed by atoms with Crippen LogP contribution in [0.15, 0.2) is 0 Å². The zero-order valence-electron chi connectivity index (χ0n) is 7.06. The number of hydrogen-bond acceptors (Lipinski definition) is 0. The van der Waals surface area contributed by atoms with Gasteiger partial charge in [0.1, 0.15) is 0 Å². The Morgan fingerprint density at radius 3 is 0.133 bits per heavy atom. The normalized spacial score (nSPS) is 0. The van der Waals surface area contributed by atoms with Gasteiger partial charge in [-0.05, 0) is 0 Å². The van der Waals surface area contributed by atoms with Crippen molar-refractivity contribution in [2.24, 2.45) is 0 Å². The predicted octanol–water partition coefficient (Wildman–Crippen LogP) is -9.90. The van der Waals surface area contributed by atoms with E-state index < -0.39 is 0 Å². The summed E-state index contributed by atoms with van der Waals surface area (Å²) < 4.78 is 0. The predicted molar refractivity (Wildman–Crippen MR) is 43.4 cm³/mol. The van der Waals surface area contributed by atoms with Gasteiger partial charge in [0, 0.05) is 51.2 Å². The van der Waals surface area contributed by atoms with Crippen molar-refractivity contribution >= 4 is 0 Å². The van der Waals surface area contributed by atoms with E-state index in [9.17, 15) is 0 Å². The Kier molecular flexibility index (Phi) is 538000. The third-order valence-electron chi connectivity index (χ3n) is 0. The van der Waals surface area contributed by atoms with Crippen molar-refractivity contribution in [1.82, 2.24) is 0 Å². The molecule has 0 amide bonds. The molecule has 0 heterocycles. The molecule has 0 atom stereocenters. The van der Waals surface area contributed by atoms with E-state index in [2.05, 4.69) is 0 Å². The molecule has 0 unspecified atom stereocenters. The Balaban J connectivity index is 0. The van der Waals surface area contributed by atoms with Crippen LogP contribution in [-0.2, 0) is 51.2 Å². The summed E-state index contributed by atoms with van der Waals surface area (Å²) in [6, 6.07) is 0. The third-order valence-corrected chi connectivity index (χ3v) is 0. The van der Waals surface area contributed by atoms with Crippen LogP contribution in [0.3, 0.4) is 0 Å². The molecule has 24 N–H and O–H groups in total. The van der Waals surface area contributed by atoms with Gasteiger partial charge < -0.3 is 65.7 Å². The topological polar surface area (TPSA) is 378 Å². The second kappa shape index (κ2) is 2570. The summed E-state index contributed by atoms with van der Waals surface area (Å²) in [6.07, 6.45) is 0. The molecule has 0 bridgehead atoms. The second-order valence-corrected chi connectivity index (χ2v) is 0. The maximum atomic E-state index is 0. The van der Waals surface area contributed by atoms with E-state index in [1.807, 2.05) is 0 Å². The molecule has 12 nitrogen and oxygen atoms in total. The van der Waals surface area contributed by atoms with Crippen LogP contribution in [-0.4, -0.2) is 65.7 Å². The van der Waals surface area contributed by atoms with Crippen molar-refractivity contribution in [2.45, 2.75) is 0 Å². The van der Waals surface area contributed by atoms with Crippen molar-refractivity contribution in [2.75, 3.05) is 0 Å². The molecular formula is H24Fe3O12. The zero-order chi connectivity index (χ0) is 0. The first-order valence-corrected chi connectivity index (χ1v) is 0. The van der Waals surface area contributed by atoms with Gasteiger partial charge >= 0.3 is 0 Å². The van der Waals surface area contributed by atoms with Crippen molar-refractivity contribution in [3.05, 3.63) is 0 Å². The maximum absolute atomic E-state index is 0. The Morgan fingerprint density at radius 2 is 0.133 bits per heavy atom. The van der Waals surface area contributed by atoms with Crippen molar-refractivity contribution in [3.8, 4) is 0 Å².